The number of phosphoric acid groups is 1. The van der Waals surface area contributed by atoms with Gasteiger partial charge < -0.3 is 24.3 Å². The van der Waals surface area contributed by atoms with E-state index in [1.807, 2.05) is 24.3 Å². The Bertz CT molecular complexity index is 886. The Morgan fingerprint density at radius 1 is 0.923 bits per heavy atom. The number of benzene rings is 1. The normalized spacial score (nSPS) is 26.5. The topological polar surface area (TPSA) is 111 Å². The Morgan fingerprint density at radius 2 is 1.51 bits per heavy atom. The highest BCUT2D eigenvalue weighted by molar-refractivity contribution is 7.48. The van der Waals surface area contributed by atoms with E-state index in [4.69, 9.17) is 32.5 Å². The summed E-state index contributed by atoms with van der Waals surface area (Å²) >= 11 is 0. The van der Waals surface area contributed by atoms with Gasteiger partial charge in [0.1, 0.15) is 24.4 Å². The molecule has 2 aliphatic rings. The van der Waals surface area contributed by atoms with Gasteiger partial charge in [0.05, 0.1) is 19.8 Å². The van der Waals surface area contributed by atoms with Crippen molar-refractivity contribution in [1.29, 1.82) is 0 Å². The summed E-state index contributed by atoms with van der Waals surface area (Å²) < 4.78 is 56.3. The second kappa shape index (κ2) is 16.8. The molecule has 1 amide bonds. The van der Waals surface area contributed by atoms with Gasteiger partial charge in [0.15, 0.2) is 6.29 Å². The molecule has 1 N–H and O–H groups in total. The second-order valence-electron chi connectivity index (χ2n) is 9.94. The van der Waals surface area contributed by atoms with Crippen LogP contribution in [-0.2, 0) is 55.1 Å². The van der Waals surface area contributed by atoms with Crippen molar-refractivity contribution in [3.05, 3.63) is 35.4 Å². The summed E-state index contributed by atoms with van der Waals surface area (Å²) in [7, 11) is -4.04. The summed E-state index contributed by atoms with van der Waals surface area (Å²) in [5.41, 5.74) is 1.77. The summed E-state index contributed by atoms with van der Waals surface area (Å²) in [6, 6.07) is 6.90. The molecule has 1 fully saturated rings. The van der Waals surface area contributed by atoms with Gasteiger partial charge in [-0.3, -0.25) is 18.4 Å². The van der Waals surface area contributed by atoms with Crippen molar-refractivity contribution >= 4 is 13.7 Å². The number of hydrogen-bond acceptors (Lipinski definition) is 9. The number of amides is 1. The van der Waals surface area contributed by atoms with E-state index in [2.05, 4.69) is 26.1 Å². The van der Waals surface area contributed by atoms with Gasteiger partial charge in [-0.15, -0.1) is 0 Å². The molecule has 11 heteroatoms. The molecule has 0 radical (unpaired) electrons. The monoisotopic (exact) mass is 571 g/mol. The van der Waals surface area contributed by atoms with Gasteiger partial charge in [-0.05, 0) is 30.4 Å². The molecule has 10 nitrogen and oxygen atoms in total. The number of carbonyl (C=O) groups excluding carboxylic acids is 1. The Labute approximate surface area is 233 Å². The van der Waals surface area contributed by atoms with Crippen molar-refractivity contribution < 1.29 is 41.9 Å². The minimum absolute atomic E-state index is 0.0813. The molecule has 3 rings (SSSR count). The van der Waals surface area contributed by atoms with Crippen LogP contribution in [0.4, 0.5) is 0 Å². The van der Waals surface area contributed by atoms with E-state index in [9.17, 15) is 9.36 Å². The molecule has 1 aromatic rings. The highest BCUT2D eigenvalue weighted by Crippen LogP contribution is 2.55. The molecule has 2 aliphatic heterocycles. The maximum atomic E-state index is 13.9. The maximum absolute atomic E-state index is 13.9. The molecule has 0 bridgehead atoms. The lowest BCUT2D eigenvalue weighted by Gasteiger charge is -2.46. The number of hydrogen-bond donors (Lipinski definition) is 1. The number of rotatable bonds is 16. The Balaban J connectivity index is 1.89. The maximum Gasteiger partial charge on any atom is 0.475 e. The highest BCUT2D eigenvalue weighted by Gasteiger charge is 2.52. The number of fused-ring (bicyclic) bond motifs is 1. The lowest BCUT2D eigenvalue weighted by atomic mass is 9.96. The molecule has 0 saturated carbocycles. The molecule has 222 valence electrons. The zero-order valence-electron chi connectivity index (χ0n) is 23.8. The van der Waals surface area contributed by atoms with E-state index in [0.29, 0.717) is 19.8 Å². The zero-order chi connectivity index (χ0) is 28.1. The first-order valence-corrected chi connectivity index (χ1v) is 15.7. The Kier molecular flexibility index (Phi) is 13.8. The standard InChI is InChI=1S/C28H46NO9P/c1-5-8-15-32-20-24-26(38-39(31)35-18-22-13-11-12-14-23(22)19-36-39)27(33-16-9-6-2)25(29-21(4)30)28(37-24)34-17-10-7-3/h11-14,24-28H,5-10,15-20H2,1-4H3,(H,29,30)/t24?,25-,26+,27?,28+/m0/s1. The van der Waals surface area contributed by atoms with Crippen molar-refractivity contribution in [2.75, 3.05) is 26.4 Å². The molecule has 0 spiro atoms. The van der Waals surface area contributed by atoms with Crippen molar-refractivity contribution in [2.45, 2.75) is 110 Å². The summed E-state index contributed by atoms with van der Waals surface area (Å²) in [4.78, 5) is 12.3. The lowest BCUT2D eigenvalue weighted by Crippen LogP contribution is -2.66. The predicted molar refractivity (Wildman–Crippen MR) is 146 cm³/mol. The SMILES string of the molecule is CCCCOCC1O[C@@H](OCCCC)[C@@H](NC(C)=O)C(OCCCC)[C@@H]1OP1(=O)OCc2ccccc2CO1. The molecule has 2 unspecified atom stereocenters. The molecule has 5 atom stereocenters. The molecule has 2 heterocycles. The molecule has 39 heavy (non-hydrogen) atoms. The Morgan fingerprint density at radius 3 is 2.10 bits per heavy atom. The fourth-order valence-corrected chi connectivity index (χ4v) is 5.77. The number of nitrogens with one attached hydrogen (secondary N) is 1. The van der Waals surface area contributed by atoms with Gasteiger partial charge in [-0.1, -0.05) is 64.3 Å². The van der Waals surface area contributed by atoms with E-state index in [-0.39, 0.29) is 25.7 Å². The van der Waals surface area contributed by atoms with Crippen LogP contribution in [0.2, 0.25) is 0 Å². The summed E-state index contributed by atoms with van der Waals surface area (Å²) in [5.74, 6) is -0.266. The molecule has 1 aromatic carbocycles. The van der Waals surface area contributed by atoms with Crippen molar-refractivity contribution in [1.82, 2.24) is 5.32 Å². The van der Waals surface area contributed by atoms with Crippen LogP contribution in [-0.4, -0.2) is 63.0 Å². The van der Waals surface area contributed by atoms with E-state index >= 15 is 0 Å². The highest BCUT2D eigenvalue weighted by atomic mass is 31.2. The van der Waals surface area contributed by atoms with Crippen LogP contribution in [0.25, 0.3) is 0 Å². The smallest absolute Gasteiger partial charge is 0.379 e. The van der Waals surface area contributed by atoms with E-state index in [1.54, 1.807) is 0 Å². The van der Waals surface area contributed by atoms with Crippen LogP contribution in [0.15, 0.2) is 24.3 Å². The van der Waals surface area contributed by atoms with Crippen LogP contribution in [0.3, 0.4) is 0 Å². The summed E-state index contributed by atoms with van der Waals surface area (Å²) in [6.07, 6.45) is 2.22. The number of phosphoric ester groups is 1. The second-order valence-corrected chi connectivity index (χ2v) is 11.6. The predicted octanol–water partition coefficient (Wildman–Crippen LogP) is 5.28. The quantitative estimate of drug-likeness (QED) is 0.209. The van der Waals surface area contributed by atoms with Crippen LogP contribution < -0.4 is 5.32 Å². The zero-order valence-corrected chi connectivity index (χ0v) is 24.7. The summed E-state index contributed by atoms with van der Waals surface area (Å²) in [6.45, 7) is 9.40. The van der Waals surface area contributed by atoms with Gasteiger partial charge in [-0.25, -0.2) is 4.57 Å². The van der Waals surface area contributed by atoms with Crippen molar-refractivity contribution in [3.63, 3.8) is 0 Å². The minimum atomic E-state index is -4.04. The van der Waals surface area contributed by atoms with Gasteiger partial charge in [0, 0.05) is 26.7 Å². The molecule has 0 aromatic heterocycles. The average Bonchev–Trinajstić information content (AvgIpc) is 3.09. The number of carbonyl (C=O) groups is 1. The van der Waals surface area contributed by atoms with Crippen molar-refractivity contribution in [3.8, 4) is 0 Å². The summed E-state index contributed by atoms with van der Waals surface area (Å²) in [5, 5.41) is 2.93. The largest absolute Gasteiger partial charge is 0.475 e. The molecular weight excluding hydrogens is 525 g/mol. The van der Waals surface area contributed by atoms with Crippen LogP contribution in [0.1, 0.15) is 77.3 Å². The third-order valence-electron chi connectivity index (χ3n) is 6.65. The van der Waals surface area contributed by atoms with E-state index < -0.39 is 38.5 Å². The third-order valence-corrected chi connectivity index (χ3v) is 8.05. The van der Waals surface area contributed by atoms with Crippen LogP contribution >= 0.6 is 7.82 Å². The third kappa shape index (κ3) is 9.90. The van der Waals surface area contributed by atoms with Gasteiger partial charge in [0.2, 0.25) is 5.91 Å². The average molecular weight is 572 g/mol. The first-order valence-electron chi connectivity index (χ1n) is 14.3. The van der Waals surface area contributed by atoms with Crippen LogP contribution in [0, 0.1) is 0 Å². The lowest BCUT2D eigenvalue weighted by molar-refractivity contribution is -0.277. The van der Waals surface area contributed by atoms with Crippen molar-refractivity contribution in [2.24, 2.45) is 0 Å². The fraction of sp³-hybridized carbons (Fsp3) is 0.750. The Hall–Kier alpha value is -1.36. The number of ether oxygens (including phenoxy) is 4. The first kappa shape index (κ1) is 32.2. The van der Waals surface area contributed by atoms with Crippen LogP contribution in [0.5, 0.6) is 0 Å². The minimum Gasteiger partial charge on any atom is -0.379 e. The van der Waals surface area contributed by atoms with Gasteiger partial charge >= 0.3 is 7.82 Å². The fourth-order valence-electron chi connectivity index (χ4n) is 4.43. The van der Waals surface area contributed by atoms with Gasteiger partial charge in [-0.2, -0.15) is 0 Å². The first-order chi connectivity index (χ1) is 18.9. The molecular formula is C28H46NO9P. The van der Waals surface area contributed by atoms with Gasteiger partial charge in [0.25, 0.3) is 0 Å². The van der Waals surface area contributed by atoms with E-state index in [1.165, 1.54) is 6.92 Å². The number of unbranched alkanes of at least 4 members (excludes halogenated alkanes) is 3. The molecule has 1 saturated heterocycles. The van der Waals surface area contributed by atoms with E-state index in [0.717, 1.165) is 49.7 Å². The molecule has 0 aliphatic carbocycles.